The number of anilines is 1. The summed E-state index contributed by atoms with van der Waals surface area (Å²) in [5, 5.41) is 11.9. The molecule has 0 atom stereocenters. The molecule has 2 aromatic carbocycles. The first kappa shape index (κ1) is 21.2. The summed E-state index contributed by atoms with van der Waals surface area (Å²) in [6.07, 6.45) is 0.300. The number of halogens is 1. The van der Waals surface area contributed by atoms with Gasteiger partial charge in [-0.15, -0.1) is 0 Å². The molecule has 0 bridgehead atoms. The van der Waals surface area contributed by atoms with Crippen LogP contribution in [0.1, 0.15) is 23.7 Å². The van der Waals surface area contributed by atoms with E-state index in [1.54, 1.807) is 25.1 Å². The van der Waals surface area contributed by atoms with Crippen molar-refractivity contribution in [3.8, 4) is 5.75 Å². The third-order valence-corrected chi connectivity index (χ3v) is 5.22. The lowest BCUT2D eigenvalue weighted by Crippen LogP contribution is -2.25. The standard InChI is InChI=1S/C18H21ClN2O5S/c1-2-26-17-8-7-15(27(24,25)20-9-4-10-22)12-16(17)21-18(23)13-5-3-6-14(19)11-13/h3,5-8,11-12,20,22H,2,4,9-10H2,1H3,(H,21,23). The van der Waals surface area contributed by atoms with E-state index in [4.69, 9.17) is 21.4 Å². The Bertz CT molecular complexity index is 902. The number of carbonyl (C=O) groups excluding carboxylic acids is 1. The Labute approximate surface area is 163 Å². The van der Waals surface area contributed by atoms with Crippen LogP contribution in [0, 0.1) is 0 Å². The molecule has 27 heavy (non-hydrogen) atoms. The Morgan fingerprint density at radius 3 is 2.67 bits per heavy atom. The van der Waals surface area contributed by atoms with Gasteiger partial charge in [-0.25, -0.2) is 13.1 Å². The molecule has 2 aromatic rings. The van der Waals surface area contributed by atoms with E-state index >= 15 is 0 Å². The largest absolute Gasteiger partial charge is 0.492 e. The van der Waals surface area contributed by atoms with Gasteiger partial charge in [0.2, 0.25) is 10.0 Å². The Morgan fingerprint density at radius 1 is 1.22 bits per heavy atom. The van der Waals surface area contributed by atoms with Crippen molar-refractivity contribution >= 4 is 33.2 Å². The molecule has 0 fully saturated rings. The zero-order valence-electron chi connectivity index (χ0n) is 14.7. The van der Waals surface area contributed by atoms with Gasteiger partial charge in [0.1, 0.15) is 5.75 Å². The van der Waals surface area contributed by atoms with E-state index in [2.05, 4.69) is 10.0 Å². The van der Waals surface area contributed by atoms with Gasteiger partial charge in [0.05, 0.1) is 17.2 Å². The predicted molar refractivity (Wildman–Crippen MR) is 104 cm³/mol. The highest BCUT2D eigenvalue weighted by molar-refractivity contribution is 7.89. The van der Waals surface area contributed by atoms with Crippen molar-refractivity contribution in [2.75, 3.05) is 25.1 Å². The average molecular weight is 413 g/mol. The van der Waals surface area contributed by atoms with Gasteiger partial charge in [-0.05, 0) is 49.7 Å². The quantitative estimate of drug-likeness (QED) is 0.549. The number of carbonyl (C=O) groups is 1. The third-order valence-electron chi connectivity index (χ3n) is 3.52. The molecular weight excluding hydrogens is 392 g/mol. The maximum Gasteiger partial charge on any atom is 0.255 e. The normalized spacial score (nSPS) is 11.2. The Hall–Kier alpha value is -2.13. The van der Waals surface area contributed by atoms with Crippen molar-refractivity contribution in [1.82, 2.24) is 4.72 Å². The van der Waals surface area contributed by atoms with Crippen molar-refractivity contribution in [3.05, 3.63) is 53.1 Å². The second kappa shape index (κ2) is 9.70. The first-order valence-electron chi connectivity index (χ1n) is 8.31. The second-order valence-electron chi connectivity index (χ2n) is 5.53. The number of aliphatic hydroxyl groups excluding tert-OH is 1. The molecule has 3 N–H and O–H groups in total. The molecule has 7 nitrogen and oxygen atoms in total. The molecule has 0 aliphatic heterocycles. The van der Waals surface area contributed by atoms with Crippen LogP contribution >= 0.6 is 11.6 Å². The molecule has 0 heterocycles. The maximum atomic E-state index is 12.5. The molecule has 0 spiro atoms. The minimum Gasteiger partial charge on any atom is -0.492 e. The fourth-order valence-electron chi connectivity index (χ4n) is 2.25. The Kier molecular flexibility index (Phi) is 7.61. The number of ether oxygens (including phenoxy) is 1. The summed E-state index contributed by atoms with van der Waals surface area (Å²) < 4.78 is 32.6. The van der Waals surface area contributed by atoms with E-state index in [0.29, 0.717) is 29.4 Å². The van der Waals surface area contributed by atoms with Crippen LogP contribution in [0.2, 0.25) is 5.02 Å². The van der Waals surface area contributed by atoms with Gasteiger partial charge >= 0.3 is 0 Å². The number of benzene rings is 2. The second-order valence-corrected chi connectivity index (χ2v) is 7.73. The summed E-state index contributed by atoms with van der Waals surface area (Å²) in [5.74, 6) is -0.0940. The molecule has 146 valence electrons. The van der Waals surface area contributed by atoms with Gasteiger partial charge in [0.15, 0.2) is 0 Å². The van der Waals surface area contributed by atoms with Crippen molar-refractivity contribution in [2.45, 2.75) is 18.2 Å². The highest BCUT2D eigenvalue weighted by Gasteiger charge is 2.18. The van der Waals surface area contributed by atoms with Gasteiger partial charge in [-0.1, -0.05) is 17.7 Å². The topological polar surface area (TPSA) is 105 Å². The number of hydrogen-bond donors (Lipinski definition) is 3. The zero-order valence-corrected chi connectivity index (χ0v) is 16.3. The van der Waals surface area contributed by atoms with Crippen molar-refractivity contribution in [3.63, 3.8) is 0 Å². The number of hydrogen-bond acceptors (Lipinski definition) is 5. The molecule has 2 rings (SSSR count). The highest BCUT2D eigenvalue weighted by Crippen LogP contribution is 2.28. The zero-order chi connectivity index (χ0) is 19.9. The van der Waals surface area contributed by atoms with E-state index in [-0.39, 0.29) is 23.7 Å². The first-order chi connectivity index (χ1) is 12.9. The molecule has 0 saturated carbocycles. The molecular formula is C18H21ClN2O5S. The lowest BCUT2D eigenvalue weighted by Gasteiger charge is -2.14. The predicted octanol–water partition coefficient (Wildman–Crippen LogP) is 2.65. The SMILES string of the molecule is CCOc1ccc(S(=O)(=O)NCCCO)cc1NC(=O)c1cccc(Cl)c1. The highest BCUT2D eigenvalue weighted by atomic mass is 35.5. The van der Waals surface area contributed by atoms with Gasteiger partial charge < -0.3 is 15.2 Å². The van der Waals surface area contributed by atoms with E-state index in [1.807, 2.05) is 0 Å². The summed E-state index contributed by atoms with van der Waals surface area (Å²) in [6, 6.07) is 10.6. The van der Waals surface area contributed by atoms with Crippen LogP contribution in [-0.2, 0) is 10.0 Å². The number of rotatable bonds is 9. The van der Waals surface area contributed by atoms with Crippen molar-refractivity contribution in [2.24, 2.45) is 0 Å². The number of sulfonamides is 1. The average Bonchev–Trinajstić information content (AvgIpc) is 2.63. The van der Waals surface area contributed by atoms with Crippen molar-refractivity contribution in [1.29, 1.82) is 0 Å². The fourth-order valence-corrected chi connectivity index (χ4v) is 3.54. The molecule has 0 aromatic heterocycles. The van der Waals surface area contributed by atoms with Crippen LogP contribution < -0.4 is 14.8 Å². The molecule has 0 saturated heterocycles. The summed E-state index contributed by atoms with van der Waals surface area (Å²) in [5.41, 5.74) is 0.561. The van der Waals surface area contributed by atoms with Crippen LogP contribution in [0.5, 0.6) is 5.75 Å². The maximum absolute atomic E-state index is 12.5. The molecule has 1 amide bonds. The van der Waals surface area contributed by atoms with E-state index in [1.165, 1.54) is 24.3 Å². The summed E-state index contributed by atoms with van der Waals surface area (Å²) in [6.45, 7) is 2.12. The molecule has 0 unspecified atom stereocenters. The minimum atomic E-state index is -3.78. The van der Waals surface area contributed by atoms with Gasteiger partial charge in [0, 0.05) is 23.7 Å². The molecule has 0 aliphatic carbocycles. The monoisotopic (exact) mass is 412 g/mol. The minimum absolute atomic E-state index is 0.0229. The molecule has 0 aliphatic rings. The van der Waals surface area contributed by atoms with Crippen LogP contribution in [0.25, 0.3) is 0 Å². The van der Waals surface area contributed by atoms with Crippen LogP contribution in [0.4, 0.5) is 5.69 Å². The van der Waals surface area contributed by atoms with E-state index < -0.39 is 15.9 Å². The van der Waals surface area contributed by atoms with Gasteiger partial charge in [-0.3, -0.25) is 4.79 Å². The van der Waals surface area contributed by atoms with Crippen LogP contribution in [0.3, 0.4) is 0 Å². The Morgan fingerprint density at radius 2 is 2.00 bits per heavy atom. The lowest BCUT2D eigenvalue weighted by atomic mass is 10.2. The first-order valence-corrected chi connectivity index (χ1v) is 10.2. The van der Waals surface area contributed by atoms with E-state index in [9.17, 15) is 13.2 Å². The smallest absolute Gasteiger partial charge is 0.255 e. The number of amides is 1. The van der Waals surface area contributed by atoms with Crippen molar-refractivity contribution < 1.29 is 23.1 Å². The summed E-state index contributed by atoms with van der Waals surface area (Å²) in [4.78, 5) is 12.5. The number of aliphatic hydroxyl groups is 1. The third kappa shape index (κ3) is 5.93. The molecule has 9 heteroatoms. The Balaban J connectivity index is 2.31. The van der Waals surface area contributed by atoms with Crippen LogP contribution in [0.15, 0.2) is 47.4 Å². The fraction of sp³-hybridized carbons (Fsp3) is 0.278. The molecule has 0 radical (unpaired) electrons. The van der Waals surface area contributed by atoms with Gasteiger partial charge in [0.25, 0.3) is 5.91 Å². The van der Waals surface area contributed by atoms with E-state index in [0.717, 1.165) is 0 Å². The summed E-state index contributed by atoms with van der Waals surface area (Å²) >= 11 is 5.91. The van der Waals surface area contributed by atoms with Gasteiger partial charge in [-0.2, -0.15) is 0 Å². The lowest BCUT2D eigenvalue weighted by molar-refractivity contribution is 0.102. The van der Waals surface area contributed by atoms with Crippen LogP contribution in [-0.4, -0.2) is 39.2 Å². The number of nitrogens with one attached hydrogen (secondary N) is 2. The summed E-state index contributed by atoms with van der Waals surface area (Å²) in [7, 11) is -3.78.